The van der Waals surface area contributed by atoms with E-state index >= 15 is 0 Å². The van der Waals surface area contributed by atoms with E-state index in [-0.39, 0.29) is 0 Å². The zero-order valence-electron chi connectivity index (χ0n) is 12.6. The van der Waals surface area contributed by atoms with Gasteiger partial charge in [0.2, 0.25) is 0 Å². The van der Waals surface area contributed by atoms with Gasteiger partial charge in [-0.1, -0.05) is 37.6 Å². The van der Waals surface area contributed by atoms with E-state index in [1.54, 1.807) is 7.11 Å². The summed E-state index contributed by atoms with van der Waals surface area (Å²) < 4.78 is 6.21. The van der Waals surface area contributed by atoms with Crippen LogP contribution < -0.4 is 5.32 Å². The van der Waals surface area contributed by atoms with Gasteiger partial charge in [0.15, 0.2) is 5.82 Å². The lowest BCUT2D eigenvalue weighted by Gasteiger charge is -2.13. The lowest BCUT2D eigenvalue weighted by atomic mass is 10.1. The molecule has 0 fully saturated rings. The van der Waals surface area contributed by atoms with Crippen LogP contribution in [0.5, 0.6) is 0 Å². The molecule has 1 aromatic heterocycles. The fraction of sp³-hybridized carbons (Fsp3) is 0.375. The van der Waals surface area contributed by atoms with Gasteiger partial charge < -0.3 is 10.1 Å². The number of aromatic nitrogens is 2. The third-order valence-electron chi connectivity index (χ3n) is 3.20. The van der Waals surface area contributed by atoms with Gasteiger partial charge in [-0.25, -0.2) is 9.97 Å². The highest BCUT2D eigenvalue weighted by Crippen LogP contribution is 2.29. The van der Waals surface area contributed by atoms with Gasteiger partial charge in [0.1, 0.15) is 5.82 Å². The molecule has 0 aliphatic heterocycles. The number of nitrogens with zero attached hydrogens (tertiary/aromatic N) is 2. The SMILES string of the molecule is CCCc1nc(-c2ccccc2COC)nc(NC)c1Br. The van der Waals surface area contributed by atoms with E-state index in [1.165, 1.54) is 0 Å². The van der Waals surface area contributed by atoms with Crippen molar-refractivity contribution in [1.82, 2.24) is 9.97 Å². The van der Waals surface area contributed by atoms with Crippen LogP contribution in [0.3, 0.4) is 0 Å². The van der Waals surface area contributed by atoms with Gasteiger partial charge in [0.25, 0.3) is 0 Å². The van der Waals surface area contributed by atoms with Gasteiger partial charge in [-0.2, -0.15) is 0 Å². The molecule has 21 heavy (non-hydrogen) atoms. The molecule has 1 N–H and O–H groups in total. The minimum atomic E-state index is 0.549. The molecule has 2 aromatic rings. The van der Waals surface area contributed by atoms with E-state index in [9.17, 15) is 0 Å². The van der Waals surface area contributed by atoms with E-state index in [1.807, 2.05) is 31.3 Å². The zero-order chi connectivity index (χ0) is 15.2. The molecule has 0 unspecified atom stereocenters. The summed E-state index contributed by atoms with van der Waals surface area (Å²) in [5.74, 6) is 1.55. The average Bonchev–Trinajstić information content (AvgIpc) is 2.50. The summed E-state index contributed by atoms with van der Waals surface area (Å²) in [4.78, 5) is 9.35. The number of halogens is 1. The maximum atomic E-state index is 5.27. The Bertz CT molecular complexity index is 616. The van der Waals surface area contributed by atoms with Gasteiger partial charge >= 0.3 is 0 Å². The van der Waals surface area contributed by atoms with Crippen LogP contribution >= 0.6 is 15.9 Å². The van der Waals surface area contributed by atoms with Crippen molar-refractivity contribution in [3.05, 3.63) is 40.0 Å². The molecule has 0 radical (unpaired) electrons. The average molecular weight is 350 g/mol. The second kappa shape index (κ2) is 7.52. The standard InChI is InChI=1S/C16H20BrN3O/c1-4-7-13-14(17)16(18-2)20-15(19-13)12-9-6-5-8-11(12)10-21-3/h5-6,8-9H,4,7,10H2,1-3H3,(H,18,19,20). The first-order chi connectivity index (χ1) is 10.2. The summed E-state index contributed by atoms with van der Waals surface area (Å²) in [6.45, 7) is 2.69. The molecule has 4 nitrogen and oxygen atoms in total. The second-order valence-corrected chi connectivity index (χ2v) is 5.54. The van der Waals surface area contributed by atoms with Crippen molar-refractivity contribution in [2.24, 2.45) is 0 Å². The Kier molecular flexibility index (Phi) is 5.70. The molecular formula is C16H20BrN3O. The molecule has 0 saturated carbocycles. The molecule has 2 rings (SSSR count). The Morgan fingerprint density at radius 3 is 2.67 bits per heavy atom. The van der Waals surface area contributed by atoms with Crippen LogP contribution in [0.25, 0.3) is 11.4 Å². The maximum Gasteiger partial charge on any atom is 0.162 e. The van der Waals surface area contributed by atoms with Gasteiger partial charge in [-0.3, -0.25) is 0 Å². The normalized spacial score (nSPS) is 10.7. The number of rotatable bonds is 6. The molecular weight excluding hydrogens is 330 g/mol. The summed E-state index contributed by atoms with van der Waals surface area (Å²) >= 11 is 3.59. The Labute approximate surface area is 134 Å². The van der Waals surface area contributed by atoms with E-state index < -0.39 is 0 Å². The smallest absolute Gasteiger partial charge is 0.162 e. The van der Waals surface area contributed by atoms with E-state index in [0.717, 1.165) is 45.8 Å². The van der Waals surface area contributed by atoms with E-state index in [4.69, 9.17) is 9.72 Å². The highest BCUT2D eigenvalue weighted by atomic mass is 79.9. The highest BCUT2D eigenvalue weighted by molar-refractivity contribution is 9.10. The van der Waals surface area contributed by atoms with Crippen molar-refractivity contribution in [2.75, 3.05) is 19.5 Å². The van der Waals surface area contributed by atoms with Crippen molar-refractivity contribution in [2.45, 2.75) is 26.4 Å². The fourth-order valence-corrected chi connectivity index (χ4v) is 2.78. The number of anilines is 1. The number of benzene rings is 1. The van der Waals surface area contributed by atoms with Crippen molar-refractivity contribution in [1.29, 1.82) is 0 Å². The van der Waals surface area contributed by atoms with Crippen LogP contribution in [0.2, 0.25) is 0 Å². The molecule has 1 heterocycles. The Balaban J connectivity index is 2.55. The summed E-state index contributed by atoms with van der Waals surface area (Å²) in [5.41, 5.74) is 3.13. The monoisotopic (exact) mass is 349 g/mol. The molecule has 5 heteroatoms. The predicted octanol–water partition coefficient (Wildman–Crippen LogP) is 4.05. The largest absolute Gasteiger partial charge is 0.380 e. The topological polar surface area (TPSA) is 47.0 Å². The third-order valence-corrected chi connectivity index (χ3v) is 4.03. The predicted molar refractivity (Wildman–Crippen MR) is 89.4 cm³/mol. The number of hydrogen-bond acceptors (Lipinski definition) is 4. The number of ether oxygens (including phenoxy) is 1. The van der Waals surface area contributed by atoms with Crippen molar-refractivity contribution in [3.8, 4) is 11.4 Å². The Morgan fingerprint density at radius 2 is 2.00 bits per heavy atom. The Hall–Kier alpha value is -1.46. The second-order valence-electron chi connectivity index (χ2n) is 4.75. The summed E-state index contributed by atoms with van der Waals surface area (Å²) in [6, 6.07) is 8.08. The molecule has 0 bridgehead atoms. The summed E-state index contributed by atoms with van der Waals surface area (Å²) in [7, 11) is 3.56. The first-order valence-corrected chi connectivity index (χ1v) is 7.81. The molecule has 0 spiro atoms. The molecule has 0 saturated heterocycles. The number of nitrogens with one attached hydrogen (secondary N) is 1. The first kappa shape index (κ1) is 15.9. The summed E-state index contributed by atoms with van der Waals surface area (Å²) in [5, 5.41) is 3.13. The Morgan fingerprint density at radius 1 is 1.24 bits per heavy atom. The van der Waals surface area contributed by atoms with E-state index in [0.29, 0.717) is 6.61 Å². The third kappa shape index (κ3) is 3.60. The van der Waals surface area contributed by atoms with Gasteiger partial charge in [-0.15, -0.1) is 0 Å². The van der Waals surface area contributed by atoms with Crippen LogP contribution in [-0.4, -0.2) is 24.1 Å². The first-order valence-electron chi connectivity index (χ1n) is 7.02. The van der Waals surface area contributed by atoms with Crippen molar-refractivity contribution in [3.63, 3.8) is 0 Å². The van der Waals surface area contributed by atoms with Gasteiger partial charge in [-0.05, 0) is 27.9 Å². The molecule has 112 valence electrons. The van der Waals surface area contributed by atoms with Crippen LogP contribution in [0, 0.1) is 0 Å². The molecule has 0 aliphatic carbocycles. The number of hydrogen-bond donors (Lipinski definition) is 1. The fourth-order valence-electron chi connectivity index (χ4n) is 2.20. The lowest BCUT2D eigenvalue weighted by molar-refractivity contribution is 0.185. The van der Waals surface area contributed by atoms with Crippen LogP contribution in [0.1, 0.15) is 24.6 Å². The number of aryl methyl sites for hydroxylation is 1. The quantitative estimate of drug-likeness (QED) is 0.854. The molecule has 1 aromatic carbocycles. The van der Waals surface area contributed by atoms with Crippen LogP contribution in [-0.2, 0) is 17.8 Å². The van der Waals surface area contributed by atoms with Crippen molar-refractivity contribution < 1.29 is 4.74 Å². The summed E-state index contributed by atoms with van der Waals surface area (Å²) in [6.07, 6.45) is 1.95. The maximum absolute atomic E-state index is 5.27. The number of methoxy groups -OCH3 is 1. The highest BCUT2D eigenvalue weighted by Gasteiger charge is 2.14. The lowest BCUT2D eigenvalue weighted by Crippen LogP contribution is -2.04. The molecule has 0 amide bonds. The minimum Gasteiger partial charge on any atom is -0.380 e. The zero-order valence-corrected chi connectivity index (χ0v) is 14.2. The molecule has 0 atom stereocenters. The van der Waals surface area contributed by atoms with Crippen LogP contribution in [0.15, 0.2) is 28.7 Å². The van der Waals surface area contributed by atoms with Gasteiger partial charge in [0, 0.05) is 19.7 Å². The van der Waals surface area contributed by atoms with Crippen LogP contribution in [0.4, 0.5) is 5.82 Å². The van der Waals surface area contributed by atoms with E-state index in [2.05, 4.69) is 33.2 Å². The minimum absolute atomic E-state index is 0.549. The van der Waals surface area contributed by atoms with Gasteiger partial charge in [0.05, 0.1) is 16.8 Å². The molecule has 0 aliphatic rings. The van der Waals surface area contributed by atoms with Crippen molar-refractivity contribution >= 4 is 21.7 Å².